The molecule has 1 saturated heterocycles. The predicted molar refractivity (Wildman–Crippen MR) is 105 cm³/mol. The van der Waals surface area contributed by atoms with E-state index in [0.717, 1.165) is 10.6 Å². The molecule has 0 spiro atoms. The summed E-state index contributed by atoms with van der Waals surface area (Å²) in [6.07, 6.45) is 3.21. The van der Waals surface area contributed by atoms with Gasteiger partial charge in [-0.25, -0.2) is 9.37 Å². The van der Waals surface area contributed by atoms with Crippen LogP contribution in [0.3, 0.4) is 0 Å². The van der Waals surface area contributed by atoms with Crippen molar-refractivity contribution in [2.24, 2.45) is 5.92 Å². The molecular weight excluding hydrogens is 365 g/mol. The number of amides is 2. The van der Waals surface area contributed by atoms with Crippen LogP contribution in [-0.4, -0.2) is 52.8 Å². The molecule has 0 unspecified atom stereocenters. The fourth-order valence-corrected chi connectivity index (χ4v) is 3.66. The van der Waals surface area contributed by atoms with Crippen LogP contribution in [-0.2, 0) is 9.59 Å². The molecule has 1 aliphatic heterocycles. The summed E-state index contributed by atoms with van der Waals surface area (Å²) in [6, 6.07) is 6.17. The molecule has 2 heterocycles. The molecule has 0 N–H and O–H groups in total. The lowest BCUT2D eigenvalue weighted by Gasteiger charge is -2.35. The van der Waals surface area contributed by atoms with Gasteiger partial charge in [-0.1, -0.05) is 13.8 Å². The number of carbonyl (C=O) groups is 2. The Bertz CT molecular complexity index is 837. The van der Waals surface area contributed by atoms with E-state index in [9.17, 15) is 14.0 Å². The molecule has 0 atom stereocenters. The third-order valence-electron chi connectivity index (χ3n) is 4.41. The minimum atomic E-state index is -0.281. The van der Waals surface area contributed by atoms with Gasteiger partial charge in [0.05, 0.1) is 5.69 Å². The van der Waals surface area contributed by atoms with Crippen LogP contribution in [0.1, 0.15) is 19.5 Å². The van der Waals surface area contributed by atoms with E-state index in [1.165, 1.54) is 29.5 Å². The van der Waals surface area contributed by atoms with Crippen LogP contribution < -0.4 is 0 Å². The number of rotatable bonds is 4. The molecule has 0 radical (unpaired) electrons. The molecule has 0 saturated carbocycles. The van der Waals surface area contributed by atoms with Crippen LogP contribution in [0.25, 0.3) is 16.6 Å². The summed E-state index contributed by atoms with van der Waals surface area (Å²) in [4.78, 5) is 32.4. The zero-order valence-corrected chi connectivity index (χ0v) is 16.2. The first-order valence-corrected chi connectivity index (χ1v) is 9.79. The van der Waals surface area contributed by atoms with Crippen LogP contribution in [0.4, 0.5) is 4.39 Å². The van der Waals surface area contributed by atoms with Crippen molar-refractivity contribution in [2.75, 3.05) is 26.2 Å². The third kappa shape index (κ3) is 4.80. The lowest BCUT2D eigenvalue weighted by Crippen LogP contribution is -2.51. The predicted octanol–water partition coefficient (Wildman–Crippen LogP) is 3.29. The number of piperazine rings is 1. The fraction of sp³-hybridized carbons (Fsp3) is 0.350. The van der Waals surface area contributed by atoms with Gasteiger partial charge in [-0.3, -0.25) is 9.59 Å². The van der Waals surface area contributed by atoms with Gasteiger partial charge in [-0.05, 0) is 30.3 Å². The normalized spacial score (nSPS) is 15.0. The number of hydrogen-bond donors (Lipinski definition) is 0. The lowest BCUT2D eigenvalue weighted by molar-refractivity contribution is -0.139. The Morgan fingerprint density at radius 2 is 1.74 bits per heavy atom. The summed E-state index contributed by atoms with van der Waals surface area (Å²) in [7, 11) is 0. The summed E-state index contributed by atoms with van der Waals surface area (Å²) in [5.41, 5.74) is 1.54. The van der Waals surface area contributed by atoms with Crippen LogP contribution in [0.5, 0.6) is 0 Å². The van der Waals surface area contributed by atoms with Crippen LogP contribution in [0, 0.1) is 11.7 Å². The van der Waals surface area contributed by atoms with Gasteiger partial charge in [0.15, 0.2) is 0 Å². The van der Waals surface area contributed by atoms with Crippen molar-refractivity contribution in [1.82, 2.24) is 14.8 Å². The number of carbonyl (C=O) groups excluding carboxylic acids is 2. The molecule has 2 aromatic rings. The number of nitrogens with zero attached hydrogens (tertiary/aromatic N) is 3. The van der Waals surface area contributed by atoms with Crippen molar-refractivity contribution in [3.63, 3.8) is 0 Å². The van der Waals surface area contributed by atoms with Crippen LogP contribution in [0.15, 0.2) is 35.7 Å². The van der Waals surface area contributed by atoms with E-state index in [4.69, 9.17) is 0 Å². The first-order valence-electron chi connectivity index (χ1n) is 8.91. The van der Waals surface area contributed by atoms with E-state index < -0.39 is 0 Å². The third-order valence-corrected chi connectivity index (χ3v) is 5.32. The zero-order valence-electron chi connectivity index (χ0n) is 15.4. The van der Waals surface area contributed by atoms with Gasteiger partial charge in [-0.2, -0.15) is 0 Å². The fourth-order valence-electron chi connectivity index (χ4n) is 2.86. The topological polar surface area (TPSA) is 53.5 Å². The number of aromatic nitrogens is 1. The van der Waals surface area contributed by atoms with E-state index in [1.54, 1.807) is 23.1 Å². The SMILES string of the molecule is CC(C)C(=O)N1CCN(C(=O)C=Cc2csc(-c3ccc(F)cc3)n2)CC1. The smallest absolute Gasteiger partial charge is 0.246 e. The van der Waals surface area contributed by atoms with Crippen molar-refractivity contribution in [2.45, 2.75) is 13.8 Å². The Morgan fingerprint density at radius 1 is 1.11 bits per heavy atom. The van der Waals surface area contributed by atoms with E-state index in [2.05, 4.69) is 4.98 Å². The van der Waals surface area contributed by atoms with Crippen molar-refractivity contribution in [3.8, 4) is 10.6 Å². The maximum Gasteiger partial charge on any atom is 0.246 e. The molecule has 1 aromatic heterocycles. The van der Waals surface area contributed by atoms with Crippen LogP contribution in [0.2, 0.25) is 0 Å². The Kier molecular flexibility index (Phi) is 6.01. The van der Waals surface area contributed by atoms with Gasteiger partial charge in [0.1, 0.15) is 10.8 Å². The van der Waals surface area contributed by atoms with E-state index in [0.29, 0.717) is 31.9 Å². The average Bonchev–Trinajstić information content (AvgIpc) is 3.15. The molecule has 142 valence electrons. The van der Waals surface area contributed by atoms with Gasteiger partial charge >= 0.3 is 0 Å². The molecule has 0 bridgehead atoms. The summed E-state index contributed by atoms with van der Waals surface area (Å²) >= 11 is 1.45. The highest BCUT2D eigenvalue weighted by atomic mass is 32.1. The molecule has 7 heteroatoms. The van der Waals surface area contributed by atoms with Crippen molar-refractivity contribution < 1.29 is 14.0 Å². The van der Waals surface area contributed by atoms with E-state index in [1.807, 2.05) is 24.1 Å². The molecule has 0 aliphatic carbocycles. The quantitative estimate of drug-likeness (QED) is 0.757. The Balaban J connectivity index is 1.56. The highest BCUT2D eigenvalue weighted by molar-refractivity contribution is 7.13. The molecule has 5 nitrogen and oxygen atoms in total. The lowest BCUT2D eigenvalue weighted by atomic mass is 10.1. The first kappa shape index (κ1) is 19.2. The Labute approximate surface area is 162 Å². The second kappa shape index (κ2) is 8.43. The molecule has 1 aliphatic rings. The van der Waals surface area contributed by atoms with E-state index >= 15 is 0 Å². The van der Waals surface area contributed by atoms with Gasteiger partial charge in [-0.15, -0.1) is 11.3 Å². The zero-order chi connectivity index (χ0) is 19.4. The summed E-state index contributed by atoms with van der Waals surface area (Å²) < 4.78 is 13.0. The summed E-state index contributed by atoms with van der Waals surface area (Å²) in [5.74, 6) is -0.250. The van der Waals surface area contributed by atoms with Crippen LogP contribution >= 0.6 is 11.3 Å². The van der Waals surface area contributed by atoms with Crippen molar-refractivity contribution in [3.05, 3.63) is 47.2 Å². The molecule has 27 heavy (non-hydrogen) atoms. The summed E-state index contributed by atoms with van der Waals surface area (Å²) in [5, 5.41) is 2.64. The number of hydrogen-bond acceptors (Lipinski definition) is 4. The van der Waals surface area contributed by atoms with E-state index in [-0.39, 0.29) is 23.5 Å². The Morgan fingerprint density at radius 3 is 2.37 bits per heavy atom. The minimum absolute atomic E-state index is 0.0212. The first-order chi connectivity index (χ1) is 12.9. The monoisotopic (exact) mass is 387 g/mol. The Hall–Kier alpha value is -2.54. The molecule has 1 aromatic carbocycles. The van der Waals surface area contributed by atoms with Crippen molar-refractivity contribution in [1.29, 1.82) is 0 Å². The highest BCUT2D eigenvalue weighted by Gasteiger charge is 2.24. The largest absolute Gasteiger partial charge is 0.339 e. The standard InChI is InChI=1S/C20H22FN3O2S/c1-14(2)20(26)24-11-9-23(10-12-24)18(25)8-7-17-13-27-19(22-17)15-3-5-16(21)6-4-15/h3-8,13-14H,9-12H2,1-2H3. The number of benzene rings is 1. The highest BCUT2D eigenvalue weighted by Crippen LogP contribution is 2.24. The average molecular weight is 387 g/mol. The number of thiazole rings is 1. The second-order valence-electron chi connectivity index (χ2n) is 6.72. The van der Waals surface area contributed by atoms with Gasteiger partial charge in [0.2, 0.25) is 11.8 Å². The van der Waals surface area contributed by atoms with Gasteiger partial charge < -0.3 is 9.80 Å². The second-order valence-corrected chi connectivity index (χ2v) is 7.58. The molecular formula is C20H22FN3O2S. The number of halogens is 1. The maximum atomic E-state index is 13.0. The molecule has 3 rings (SSSR count). The van der Waals surface area contributed by atoms with Gasteiger partial charge in [0.25, 0.3) is 0 Å². The van der Waals surface area contributed by atoms with Gasteiger partial charge in [0, 0.05) is 49.1 Å². The summed E-state index contributed by atoms with van der Waals surface area (Å²) in [6.45, 7) is 6.00. The maximum absolute atomic E-state index is 13.0. The van der Waals surface area contributed by atoms with Crippen molar-refractivity contribution >= 4 is 29.2 Å². The minimum Gasteiger partial charge on any atom is -0.339 e. The molecule has 2 amide bonds. The molecule has 1 fully saturated rings.